The molecule has 0 unspecified atom stereocenters. The minimum atomic E-state index is -0.663. The largest absolute Gasteiger partial charge is 0.348 e. The summed E-state index contributed by atoms with van der Waals surface area (Å²) in [7, 11) is 0. The molecule has 1 aromatic heterocycles. The van der Waals surface area contributed by atoms with E-state index in [0.29, 0.717) is 30.2 Å². The van der Waals surface area contributed by atoms with E-state index < -0.39 is 11.8 Å². The van der Waals surface area contributed by atoms with Gasteiger partial charge in [-0.2, -0.15) is 0 Å². The van der Waals surface area contributed by atoms with Crippen LogP contribution in [-0.4, -0.2) is 47.2 Å². The predicted molar refractivity (Wildman–Crippen MR) is 109 cm³/mol. The van der Waals surface area contributed by atoms with Gasteiger partial charge in [0.1, 0.15) is 0 Å². The molecule has 1 saturated heterocycles. The number of amides is 3. The number of likely N-dealkylation sites (tertiary alicyclic amines) is 1. The average Bonchev–Trinajstić information content (AvgIpc) is 2.77. The lowest BCUT2D eigenvalue weighted by Crippen LogP contribution is -2.44. The van der Waals surface area contributed by atoms with Crippen molar-refractivity contribution in [1.29, 1.82) is 0 Å². The molecule has 0 aliphatic carbocycles. The van der Waals surface area contributed by atoms with Crippen LogP contribution in [0.4, 0.5) is 0 Å². The number of benzene rings is 1. The summed E-state index contributed by atoms with van der Waals surface area (Å²) >= 11 is 5.82. The van der Waals surface area contributed by atoms with Gasteiger partial charge in [-0.05, 0) is 48.6 Å². The molecule has 1 aromatic carbocycles. The maximum Gasteiger partial charge on any atom is 0.309 e. The zero-order valence-corrected chi connectivity index (χ0v) is 16.7. The number of rotatable bonds is 5. The van der Waals surface area contributed by atoms with E-state index >= 15 is 0 Å². The van der Waals surface area contributed by atoms with Crippen molar-refractivity contribution in [2.75, 3.05) is 19.6 Å². The van der Waals surface area contributed by atoms with E-state index in [2.05, 4.69) is 15.6 Å². The third-order valence-electron chi connectivity index (χ3n) is 4.93. The SMILES string of the molecule is O=C(NCc1ccc(Cl)cc1)C(=O)NCC1CCN(C(=O)c2cccnc2)CC1. The summed E-state index contributed by atoms with van der Waals surface area (Å²) in [6.45, 7) is 1.93. The van der Waals surface area contributed by atoms with E-state index in [1.165, 1.54) is 0 Å². The maximum atomic E-state index is 12.4. The van der Waals surface area contributed by atoms with Gasteiger partial charge in [-0.1, -0.05) is 23.7 Å². The minimum Gasteiger partial charge on any atom is -0.348 e. The van der Waals surface area contributed by atoms with Gasteiger partial charge in [-0.15, -0.1) is 0 Å². The van der Waals surface area contributed by atoms with Crippen LogP contribution in [0.25, 0.3) is 0 Å². The Labute approximate surface area is 174 Å². The highest BCUT2D eigenvalue weighted by Crippen LogP contribution is 2.18. The summed E-state index contributed by atoms with van der Waals surface area (Å²) in [6.07, 6.45) is 4.76. The quantitative estimate of drug-likeness (QED) is 0.732. The molecule has 3 amide bonds. The van der Waals surface area contributed by atoms with E-state index in [1.54, 1.807) is 53.7 Å². The highest BCUT2D eigenvalue weighted by atomic mass is 35.5. The topological polar surface area (TPSA) is 91.4 Å². The Kier molecular flexibility index (Phi) is 7.19. The predicted octanol–water partition coefficient (Wildman–Crippen LogP) is 2.02. The lowest BCUT2D eigenvalue weighted by atomic mass is 9.96. The van der Waals surface area contributed by atoms with Gasteiger partial charge in [0, 0.05) is 43.6 Å². The Balaban J connectivity index is 1.37. The molecule has 0 saturated carbocycles. The molecule has 3 rings (SSSR count). The molecular formula is C21H23ClN4O3. The van der Waals surface area contributed by atoms with Crippen LogP contribution in [0.3, 0.4) is 0 Å². The summed E-state index contributed by atoms with van der Waals surface area (Å²) in [5.74, 6) is -1.10. The number of hydrogen-bond acceptors (Lipinski definition) is 4. The molecule has 1 fully saturated rings. The van der Waals surface area contributed by atoms with Crippen LogP contribution in [0, 0.1) is 5.92 Å². The van der Waals surface area contributed by atoms with Gasteiger partial charge in [0.25, 0.3) is 5.91 Å². The van der Waals surface area contributed by atoms with E-state index in [9.17, 15) is 14.4 Å². The number of pyridine rings is 1. The van der Waals surface area contributed by atoms with Crippen LogP contribution >= 0.6 is 11.6 Å². The van der Waals surface area contributed by atoms with Crippen molar-refractivity contribution in [2.24, 2.45) is 5.92 Å². The minimum absolute atomic E-state index is 0.0258. The lowest BCUT2D eigenvalue weighted by Gasteiger charge is -2.32. The average molecular weight is 415 g/mol. The molecule has 0 atom stereocenters. The molecule has 1 aliphatic rings. The van der Waals surface area contributed by atoms with Gasteiger partial charge in [0.15, 0.2) is 0 Å². The van der Waals surface area contributed by atoms with Crippen molar-refractivity contribution in [3.8, 4) is 0 Å². The molecule has 2 aromatic rings. The summed E-state index contributed by atoms with van der Waals surface area (Å²) < 4.78 is 0. The molecule has 2 heterocycles. The highest BCUT2D eigenvalue weighted by Gasteiger charge is 2.24. The van der Waals surface area contributed by atoms with Crippen molar-refractivity contribution in [1.82, 2.24) is 20.5 Å². The standard InChI is InChI=1S/C21H23ClN4O3/c22-18-5-3-15(4-6-18)12-24-19(27)20(28)25-13-16-7-10-26(11-8-16)21(29)17-2-1-9-23-14-17/h1-6,9,14,16H,7-8,10-13H2,(H,24,27)(H,25,28). The number of nitrogens with zero attached hydrogens (tertiary/aromatic N) is 2. The van der Waals surface area contributed by atoms with Crippen molar-refractivity contribution < 1.29 is 14.4 Å². The Hall–Kier alpha value is -2.93. The fraction of sp³-hybridized carbons (Fsp3) is 0.333. The molecule has 0 bridgehead atoms. The van der Waals surface area contributed by atoms with Gasteiger partial charge in [-0.25, -0.2) is 0 Å². The van der Waals surface area contributed by atoms with Crippen LogP contribution in [0.2, 0.25) is 5.02 Å². The third-order valence-corrected chi connectivity index (χ3v) is 5.19. The zero-order valence-electron chi connectivity index (χ0n) is 15.9. The van der Waals surface area contributed by atoms with Crippen LogP contribution in [-0.2, 0) is 16.1 Å². The summed E-state index contributed by atoms with van der Waals surface area (Å²) in [5, 5.41) is 5.90. The maximum absolute atomic E-state index is 12.4. The number of nitrogens with one attached hydrogen (secondary N) is 2. The first-order chi connectivity index (χ1) is 14.0. The van der Waals surface area contributed by atoms with Crippen molar-refractivity contribution in [2.45, 2.75) is 19.4 Å². The fourth-order valence-corrected chi connectivity index (χ4v) is 3.32. The van der Waals surface area contributed by atoms with Crippen LogP contribution < -0.4 is 10.6 Å². The molecule has 2 N–H and O–H groups in total. The first kappa shape index (κ1) is 20.8. The first-order valence-corrected chi connectivity index (χ1v) is 9.90. The Bertz CT molecular complexity index is 850. The first-order valence-electron chi connectivity index (χ1n) is 9.52. The highest BCUT2D eigenvalue weighted by molar-refractivity contribution is 6.35. The van der Waals surface area contributed by atoms with E-state index in [4.69, 9.17) is 11.6 Å². The number of hydrogen-bond donors (Lipinski definition) is 2. The van der Waals surface area contributed by atoms with Crippen LogP contribution in [0.1, 0.15) is 28.8 Å². The number of carbonyl (C=O) groups excluding carboxylic acids is 3. The molecule has 152 valence electrons. The Morgan fingerprint density at radius 1 is 1.03 bits per heavy atom. The zero-order chi connectivity index (χ0) is 20.6. The number of aromatic nitrogens is 1. The molecule has 7 nitrogen and oxygen atoms in total. The second kappa shape index (κ2) is 10.0. The van der Waals surface area contributed by atoms with Crippen LogP contribution in [0.15, 0.2) is 48.8 Å². The summed E-state index contributed by atoms with van der Waals surface area (Å²) in [6, 6.07) is 10.5. The number of piperidine rings is 1. The molecule has 0 spiro atoms. The molecule has 1 aliphatic heterocycles. The number of halogens is 1. The Morgan fingerprint density at radius 3 is 2.38 bits per heavy atom. The number of carbonyl (C=O) groups is 3. The van der Waals surface area contributed by atoms with E-state index in [0.717, 1.165) is 18.4 Å². The van der Waals surface area contributed by atoms with Crippen LogP contribution in [0.5, 0.6) is 0 Å². The molecule has 0 radical (unpaired) electrons. The smallest absolute Gasteiger partial charge is 0.309 e. The molecular weight excluding hydrogens is 392 g/mol. The van der Waals surface area contributed by atoms with Gasteiger partial charge in [0.05, 0.1) is 5.56 Å². The second-order valence-corrected chi connectivity index (χ2v) is 7.43. The van der Waals surface area contributed by atoms with Gasteiger partial charge >= 0.3 is 11.8 Å². The molecule has 8 heteroatoms. The van der Waals surface area contributed by atoms with E-state index in [-0.39, 0.29) is 18.4 Å². The second-order valence-electron chi connectivity index (χ2n) is 7.00. The normalized spacial score (nSPS) is 14.3. The molecule has 29 heavy (non-hydrogen) atoms. The van der Waals surface area contributed by atoms with Gasteiger partial charge < -0.3 is 15.5 Å². The lowest BCUT2D eigenvalue weighted by molar-refractivity contribution is -0.139. The summed E-state index contributed by atoms with van der Waals surface area (Å²) in [4.78, 5) is 42.2. The van der Waals surface area contributed by atoms with Crippen molar-refractivity contribution >= 4 is 29.3 Å². The Morgan fingerprint density at radius 2 is 1.72 bits per heavy atom. The van der Waals surface area contributed by atoms with Crippen molar-refractivity contribution in [3.05, 3.63) is 64.9 Å². The summed E-state index contributed by atoms with van der Waals surface area (Å²) in [5.41, 5.74) is 1.44. The van der Waals surface area contributed by atoms with E-state index in [1.807, 2.05) is 0 Å². The van der Waals surface area contributed by atoms with Gasteiger partial charge in [-0.3, -0.25) is 19.4 Å². The monoisotopic (exact) mass is 414 g/mol. The third kappa shape index (κ3) is 6.02. The fourth-order valence-electron chi connectivity index (χ4n) is 3.19. The van der Waals surface area contributed by atoms with Crippen molar-refractivity contribution in [3.63, 3.8) is 0 Å². The van der Waals surface area contributed by atoms with Gasteiger partial charge in [0.2, 0.25) is 0 Å².